The van der Waals surface area contributed by atoms with Crippen LogP contribution in [0.5, 0.6) is 5.75 Å². The zero-order valence-corrected chi connectivity index (χ0v) is 18.3. The number of nitrogens with zero attached hydrogens (tertiary/aromatic N) is 4. The molecule has 32 heavy (non-hydrogen) atoms. The summed E-state index contributed by atoms with van der Waals surface area (Å²) < 4.78 is 70.6. The predicted molar refractivity (Wildman–Crippen MR) is 111 cm³/mol. The molecular weight excluding hydrogens is 469 g/mol. The second kappa shape index (κ2) is 8.79. The van der Waals surface area contributed by atoms with Gasteiger partial charge in [0.25, 0.3) is 5.56 Å². The van der Waals surface area contributed by atoms with Crippen LogP contribution in [0.2, 0.25) is 0 Å². The third-order valence-electron chi connectivity index (χ3n) is 4.40. The largest absolute Gasteiger partial charge is 0.464 e. The number of pyridine rings is 1. The highest BCUT2D eigenvalue weighted by Crippen LogP contribution is 2.31. The molecule has 0 aliphatic rings. The van der Waals surface area contributed by atoms with Crippen LogP contribution in [0.4, 0.5) is 13.2 Å². The molecule has 3 aromatic rings. The Morgan fingerprint density at radius 3 is 2.59 bits per heavy atom. The first kappa shape index (κ1) is 23.6. The first-order valence-corrected chi connectivity index (χ1v) is 11.9. The summed E-state index contributed by atoms with van der Waals surface area (Å²) in [6.45, 7) is 1.37. The molecule has 1 aromatic carbocycles. The fourth-order valence-electron chi connectivity index (χ4n) is 2.75. The van der Waals surface area contributed by atoms with E-state index in [1.54, 1.807) is 6.26 Å². The summed E-state index contributed by atoms with van der Waals surface area (Å²) in [7, 11) is -3.96. The lowest BCUT2D eigenvalue weighted by Gasteiger charge is -2.14. The second-order valence-corrected chi connectivity index (χ2v) is 9.52. The summed E-state index contributed by atoms with van der Waals surface area (Å²) in [6, 6.07) is 5.58. The van der Waals surface area contributed by atoms with Gasteiger partial charge >= 0.3 is 6.18 Å². The minimum atomic E-state index is -4.67. The summed E-state index contributed by atoms with van der Waals surface area (Å²) in [5.41, 5.74) is -2.93. The van der Waals surface area contributed by atoms with Crippen LogP contribution in [0.25, 0.3) is 16.6 Å². The van der Waals surface area contributed by atoms with Gasteiger partial charge in [-0.15, -0.1) is 11.8 Å². The molecule has 0 aliphatic carbocycles. The average Bonchev–Trinajstić information content (AvgIpc) is 2.77. The fraction of sp³-hybridized carbons (Fsp3) is 0.263. The van der Waals surface area contributed by atoms with Crippen molar-refractivity contribution in [1.82, 2.24) is 14.8 Å². The van der Waals surface area contributed by atoms with Gasteiger partial charge in [0, 0.05) is 11.5 Å². The lowest BCUT2D eigenvalue weighted by molar-refractivity contribution is -0.137. The van der Waals surface area contributed by atoms with Gasteiger partial charge in [0.2, 0.25) is 5.44 Å². The molecule has 2 heterocycles. The van der Waals surface area contributed by atoms with Crippen molar-refractivity contribution in [3.05, 3.63) is 52.6 Å². The van der Waals surface area contributed by atoms with Gasteiger partial charge in [-0.1, -0.05) is 13.0 Å². The number of nitriles is 1. The van der Waals surface area contributed by atoms with Gasteiger partial charge in [0.1, 0.15) is 16.7 Å². The molecule has 0 fully saturated rings. The number of aromatic nitrogens is 3. The number of hydrogen-bond donors (Lipinski definition) is 0. The van der Waals surface area contributed by atoms with Gasteiger partial charge in [-0.05, 0) is 18.4 Å². The van der Waals surface area contributed by atoms with E-state index in [9.17, 15) is 26.4 Å². The van der Waals surface area contributed by atoms with Gasteiger partial charge < -0.3 is 4.74 Å². The van der Waals surface area contributed by atoms with E-state index in [0.717, 1.165) is 42.4 Å². The zero-order chi connectivity index (χ0) is 23.7. The van der Waals surface area contributed by atoms with Crippen LogP contribution in [0, 0.1) is 11.3 Å². The summed E-state index contributed by atoms with van der Waals surface area (Å²) in [5.74, 6) is -0.772. The summed E-state index contributed by atoms with van der Waals surface area (Å²) in [4.78, 5) is 16.5. The monoisotopic (exact) mass is 484 g/mol. The Morgan fingerprint density at radius 1 is 1.28 bits per heavy atom. The van der Waals surface area contributed by atoms with Crippen LogP contribution >= 0.6 is 11.8 Å². The minimum Gasteiger partial charge on any atom is -0.464 e. The Balaban J connectivity index is 2.25. The number of halogens is 3. The summed E-state index contributed by atoms with van der Waals surface area (Å²) >= 11 is 1.07. The maximum absolute atomic E-state index is 13.1. The van der Waals surface area contributed by atoms with Crippen molar-refractivity contribution in [3.8, 4) is 17.6 Å². The molecule has 0 amide bonds. The smallest absolute Gasteiger partial charge is 0.416 e. The van der Waals surface area contributed by atoms with Crippen LogP contribution < -0.4 is 10.3 Å². The molecule has 0 radical (unpaired) electrons. The molecule has 3 rings (SSSR count). The lowest BCUT2D eigenvalue weighted by Crippen LogP contribution is -2.25. The Morgan fingerprint density at radius 2 is 2.00 bits per heavy atom. The van der Waals surface area contributed by atoms with Crippen molar-refractivity contribution in [2.45, 2.75) is 23.4 Å². The van der Waals surface area contributed by atoms with E-state index in [0.29, 0.717) is 10.7 Å². The van der Waals surface area contributed by atoms with E-state index in [1.807, 2.05) is 6.07 Å². The zero-order valence-electron chi connectivity index (χ0n) is 16.6. The lowest BCUT2D eigenvalue weighted by atomic mass is 10.1. The first-order valence-electron chi connectivity index (χ1n) is 8.93. The molecular formula is C19H15F3N4O4S2. The van der Waals surface area contributed by atoms with Gasteiger partial charge in [0.15, 0.2) is 15.7 Å². The van der Waals surface area contributed by atoms with Crippen molar-refractivity contribution >= 4 is 32.4 Å². The average molecular weight is 484 g/mol. The van der Waals surface area contributed by atoms with Crippen LogP contribution in [0.1, 0.15) is 12.5 Å². The molecule has 2 aromatic heterocycles. The number of sulfone groups is 1. The molecule has 168 valence electrons. The molecule has 8 nitrogen and oxygen atoms in total. The Hall–Kier alpha value is -3.11. The maximum atomic E-state index is 13.1. The SMILES string of the molecule is CCS(=O)(=O)c1cc(OC(C#N)SC)cnc1-n1ncc2ccc(C(F)(F)F)cc2c1=O. The molecule has 0 saturated heterocycles. The van der Waals surface area contributed by atoms with Crippen molar-refractivity contribution in [1.29, 1.82) is 5.26 Å². The molecule has 0 saturated carbocycles. The number of rotatable bonds is 6. The van der Waals surface area contributed by atoms with E-state index in [1.165, 1.54) is 6.92 Å². The quantitative estimate of drug-likeness (QED) is 0.490. The molecule has 1 atom stereocenters. The van der Waals surface area contributed by atoms with E-state index >= 15 is 0 Å². The summed E-state index contributed by atoms with van der Waals surface area (Å²) in [5, 5.41) is 12.8. The highest BCUT2D eigenvalue weighted by molar-refractivity contribution is 7.99. The van der Waals surface area contributed by atoms with E-state index in [2.05, 4.69) is 10.1 Å². The van der Waals surface area contributed by atoms with E-state index < -0.39 is 37.5 Å². The fourth-order valence-corrected chi connectivity index (χ4v) is 4.08. The van der Waals surface area contributed by atoms with Gasteiger partial charge in [0.05, 0.1) is 29.1 Å². The van der Waals surface area contributed by atoms with Crippen LogP contribution in [-0.4, -0.2) is 40.6 Å². The minimum absolute atomic E-state index is 0.0325. The molecule has 0 aliphatic heterocycles. The van der Waals surface area contributed by atoms with Crippen LogP contribution in [0.15, 0.2) is 46.3 Å². The van der Waals surface area contributed by atoms with Crippen LogP contribution in [-0.2, 0) is 16.0 Å². The third kappa shape index (κ3) is 4.56. The van der Waals surface area contributed by atoms with Crippen molar-refractivity contribution in [2.75, 3.05) is 12.0 Å². The van der Waals surface area contributed by atoms with Crippen molar-refractivity contribution in [3.63, 3.8) is 0 Å². The van der Waals surface area contributed by atoms with E-state index in [-0.39, 0.29) is 28.1 Å². The number of alkyl halides is 3. The number of thioether (sulfide) groups is 1. The van der Waals surface area contributed by atoms with E-state index in [4.69, 9.17) is 10.00 Å². The maximum Gasteiger partial charge on any atom is 0.416 e. The Labute approximate surface area is 184 Å². The number of hydrogen-bond acceptors (Lipinski definition) is 8. The van der Waals surface area contributed by atoms with Crippen LogP contribution in [0.3, 0.4) is 0 Å². The highest BCUT2D eigenvalue weighted by Gasteiger charge is 2.31. The standard InChI is InChI=1S/C19H15F3N4O4S2/c1-3-32(28,29)15-7-13(30-16(8-23)31-2)10-24-17(15)26-18(27)14-6-12(19(20,21)22)5-4-11(14)9-25-26/h4-7,9-10,16H,3H2,1-2H3. The Bertz CT molecular complexity index is 1380. The van der Waals surface area contributed by atoms with Gasteiger partial charge in [-0.3, -0.25) is 4.79 Å². The predicted octanol–water partition coefficient (Wildman–Crippen LogP) is 3.18. The number of ether oxygens (including phenoxy) is 1. The molecule has 0 N–H and O–H groups in total. The highest BCUT2D eigenvalue weighted by atomic mass is 32.2. The molecule has 13 heteroatoms. The molecule has 0 bridgehead atoms. The normalized spacial score (nSPS) is 13.0. The third-order valence-corrected chi connectivity index (χ3v) is 6.76. The molecule has 1 unspecified atom stereocenters. The van der Waals surface area contributed by atoms with Gasteiger partial charge in [-0.25, -0.2) is 13.4 Å². The topological polar surface area (TPSA) is 115 Å². The summed E-state index contributed by atoms with van der Waals surface area (Å²) in [6.07, 6.45) is -0.801. The van der Waals surface area contributed by atoms with Crippen molar-refractivity contribution in [2.24, 2.45) is 0 Å². The first-order chi connectivity index (χ1) is 15.0. The number of benzene rings is 1. The second-order valence-electron chi connectivity index (χ2n) is 6.37. The van der Waals surface area contributed by atoms with Gasteiger partial charge in [-0.2, -0.15) is 28.2 Å². The number of fused-ring (bicyclic) bond motifs is 1. The Kier molecular flexibility index (Phi) is 6.47. The molecule has 0 spiro atoms. The van der Waals surface area contributed by atoms with Crippen molar-refractivity contribution < 1.29 is 26.3 Å².